The third kappa shape index (κ3) is 8.89. The summed E-state index contributed by atoms with van der Waals surface area (Å²) in [6.07, 6.45) is 3.36. The van der Waals surface area contributed by atoms with Gasteiger partial charge < -0.3 is 20.7 Å². The zero-order valence-electron chi connectivity index (χ0n) is 21.3. The standard InChI is InChI=1S/C29H32N4O5/c1-20(34)38-26(19-30)24(18-23-13-8-16-31-28(23)36)33-29(37)25(17-22-11-6-3-7-12-22)32-27(35)15-14-21-9-4-2-5-10-21/h2-7,9-12,14-15,23-26H,8,13,16-18H2,1H3,(H,31,36)(H,32,35)(H,33,37)/b15-14+/t23-,24-,25-,26?/m0/s1. The first-order valence-corrected chi connectivity index (χ1v) is 12.6. The van der Waals surface area contributed by atoms with Gasteiger partial charge in [0.25, 0.3) is 0 Å². The first-order chi connectivity index (χ1) is 18.4. The minimum Gasteiger partial charge on any atom is -0.445 e. The van der Waals surface area contributed by atoms with Crippen molar-refractivity contribution in [3.8, 4) is 6.07 Å². The number of esters is 1. The van der Waals surface area contributed by atoms with E-state index in [2.05, 4.69) is 16.0 Å². The average Bonchev–Trinajstić information content (AvgIpc) is 2.92. The number of ether oxygens (including phenoxy) is 1. The zero-order valence-corrected chi connectivity index (χ0v) is 21.3. The van der Waals surface area contributed by atoms with Crippen molar-refractivity contribution in [2.75, 3.05) is 6.54 Å². The van der Waals surface area contributed by atoms with E-state index in [0.717, 1.165) is 17.5 Å². The van der Waals surface area contributed by atoms with Gasteiger partial charge in [-0.1, -0.05) is 60.7 Å². The van der Waals surface area contributed by atoms with Crippen molar-refractivity contribution in [1.29, 1.82) is 5.26 Å². The van der Waals surface area contributed by atoms with Crippen molar-refractivity contribution < 1.29 is 23.9 Å². The van der Waals surface area contributed by atoms with E-state index < -0.39 is 41.9 Å². The lowest BCUT2D eigenvalue weighted by atomic mass is 9.89. The molecule has 1 heterocycles. The third-order valence-electron chi connectivity index (χ3n) is 6.19. The summed E-state index contributed by atoms with van der Waals surface area (Å²) in [5.74, 6) is -2.32. The molecule has 198 valence electrons. The number of nitrogens with one attached hydrogen (secondary N) is 3. The third-order valence-corrected chi connectivity index (χ3v) is 6.19. The van der Waals surface area contributed by atoms with E-state index in [1.165, 1.54) is 13.0 Å². The molecule has 0 radical (unpaired) electrons. The van der Waals surface area contributed by atoms with Crippen LogP contribution >= 0.6 is 0 Å². The van der Waals surface area contributed by atoms with Gasteiger partial charge >= 0.3 is 5.97 Å². The number of piperidine rings is 1. The van der Waals surface area contributed by atoms with Crippen LogP contribution in [-0.4, -0.2) is 48.4 Å². The van der Waals surface area contributed by atoms with Gasteiger partial charge in [0.2, 0.25) is 23.8 Å². The average molecular weight is 517 g/mol. The smallest absolute Gasteiger partial charge is 0.304 e. The fraction of sp³-hybridized carbons (Fsp3) is 0.345. The van der Waals surface area contributed by atoms with Crippen molar-refractivity contribution in [3.63, 3.8) is 0 Å². The van der Waals surface area contributed by atoms with E-state index in [1.54, 1.807) is 6.08 Å². The first kappa shape index (κ1) is 28.1. The first-order valence-electron chi connectivity index (χ1n) is 12.6. The lowest BCUT2D eigenvalue weighted by molar-refractivity contribution is -0.146. The Kier molecular flexibility index (Phi) is 10.6. The largest absolute Gasteiger partial charge is 0.445 e. The molecule has 0 aromatic heterocycles. The second-order valence-corrected chi connectivity index (χ2v) is 9.14. The molecule has 2 aromatic carbocycles. The lowest BCUT2D eigenvalue weighted by Crippen LogP contribution is -2.54. The highest BCUT2D eigenvalue weighted by atomic mass is 16.5. The molecule has 4 atom stereocenters. The summed E-state index contributed by atoms with van der Waals surface area (Å²) >= 11 is 0. The monoisotopic (exact) mass is 516 g/mol. The number of nitrogens with zero attached hydrogens (tertiary/aromatic N) is 1. The molecule has 2 aromatic rings. The Morgan fingerprint density at radius 2 is 1.79 bits per heavy atom. The maximum absolute atomic E-state index is 13.5. The number of carbonyl (C=O) groups excluding carboxylic acids is 4. The number of carbonyl (C=O) groups is 4. The number of nitriles is 1. The second-order valence-electron chi connectivity index (χ2n) is 9.14. The van der Waals surface area contributed by atoms with Gasteiger partial charge in [-0.2, -0.15) is 5.26 Å². The molecule has 1 unspecified atom stereocenters. The Hall–Kier alpha value is -4.45. The minimum atomic E-state index is -1.29. The van der Waals surface area contributed by atoms with Gasteiger partial charge in [-0.15, -0.1) is 0 Å². The van der Waals surface area contributed by atoms with Crippen molar-refractivity contribution >= 4 is 29.8 Å². The molecule has 3 N–H and O–H groups in total. The fourth-order valence-electron chi connectivity index (χ4n) is 4.30. The molecule has 1 aliphatic rings. The number of amides is 3. The molecular weight excluding hydrogens is 484 g/mol. The molecule has 0 bridgehead atoms. The summed E-state index contributed by atoms with van der Waals surface area (Å²) in [5.41, 5.74) is 1.65. The van der Waals surface area contributed by atoms with Gasteiger partial charge in [-0.3, -0.25) is 19.2 Å². The van der Waals surface area contributed by atoms with Crippen LogP contribution in [-0.2, 0) is 30.3 Å². The lowest BCUT2D eigenvalue weighted by Gasteiger charge is -2.30. The van der Waals surface area contributed by atoms with Crippen LogP contribution in [0.15, 0.2) is 66.7 Å². The summed E-state index contributed by atoms with van der Waals surface area (Å²) in [6, 6.07) is 18.5. The number of rotatable bonds is 11. The molecule has 0 spiro atoms. The molecule has 1 saturated heterocycles. The molecule has 0 saturated carbocycles. The van der Waals surface area contributed by atoms with Crippen molar-refractivity contribution in [2.24, 2.45) is 5.92 Å². The highest BCUT2D eigenvalue weighted by Gasteiger charge is 2.34. The quantitative estimate of drug-likeness (QED) is 0.310. The summed E-state index contributed by atoms with van der Waals surface area (Å²) in [7, 11) is 0. The zero-order chi connectivity index (χ0) is 27.3. The van der Waals surface area contributed by atoms with Gasteiger partial charge in [0.1, 0.15) is 12.1 Å². The van der Waals surface area contributed by atoms with Crippen molar-refractivity contribution in [3.05, 3.63) is 77.9 Å². The van der Waals surface area contributed by atoms with Crippen LogP contribution in [0.4, 0.5) is 0 Å². The van der Waals surface area contributed by atoms with E-state index in [1.807, 2.05) is 66.7 Å². The van der Waals surface area contributed by atoms with E-state index in [9.17, 15) is 24.4 Å². The van der Waals surface area contributed by atoms with Gasteiger partial charge in [0.05, 0.1) is 6.04 Å². The van der Waals surface area contributed by atoms with Crippen LogP contribution in [0.25, 0.3) is 6.08 Å². The number of benzene rings is 2. The van der Waals surface area contributed by atoms with Crippen molar-refractivity contribution in [2.45, 2.75) is 50.8 Å². The van der Waals surface area contributed by atoms with Crippen LogP contribution in [0, 0.1) is 17.2 Å². The summed E-state index contributed by atoms with van der Waals surface area (Å²) < 4.78 is 5.16. The summed E-state index contributed by atoms with van der Waals surface area (Å²) in [5, 5.41) is 18.0. The maximum Gasteiger partial charge on any atom is 0.304 e. The van der Waals surface area contributed by atoms with E-state index >= 15 is 0 Å². The molecular formula is C29H32N4O5. The van der Waals surface area contributed by atoms with Gasteiger partial charge in [-0.05, 0) is 36.5 Å². The van der Waals surface area contributed by atoms with Crippen LogP contribution < -0.4 is 16.0 Å². The molecule has 0 aliphatic carbocycles. The normalized spacial score (nSPS) is 17.4. The van der Waals surface area contributed by atoms with E-state index in [-0.39, 0.29) is 18.7 Å². The number of hydrogen-bond donors (Lipinski definition) is 3. The summed E-state index contributed by atoms with van der Waals surface area (Å²) in [4.78, 5) is 50.3. The van der Waals surface area contributed by atoms with Crippen LogP contribution in [0.3, 0.4) is 0 Å². The fourth-order valence-corrected chi connectivity index (χ4v) is 4.30. The van der Waals surface area contributed by atoms with Crippen molar-refractivity contribution in [1.82, 2.24) is 16.0 Å². The maximum atomic E-state index is 13.5. The SMILES string of the molecule is CC(=O)OC(C#N)[C@H](C[C@@H]1CCCNC1=O)NC(=O)[C@H](Cc1ccccc1)NC(=O)/C=C/c1ccccc1. The molecule has 3 amide bonds. The Labute approximate surface area is 222 Å². The van der Waals surface area contributed by atoms with Crippen LogP contribution in [0.1, 0.15) is 37.3 Å². The molecule has 1 aliphatic heterocycles. The Bertz CT molecular complexity index is 1180. The molecule has 9 heteroatoms. The number of hydrogen-bond acceptors (Lipinski definition) is 6. The van der Waals surface area contributed by atoms with Crippen LogP contribution in [0.5, 0.6) is 0 Å². The Balaban J connectivity index is 1.80. The van der Waals surface area contributed by atoms with Gasteiger partial charge in [0.15, 0.2) is 0 Å². The van der Waals surface area contributed by atoms with E-state index in [4.69, 9.17) is 4.74 Å². The van der Waals surface area contributed by atoms with Gasteiger partial charge in [-0.25, -0.2) is 0 Å². The highest BCUT2D eigenvalue weighted by molar-refractivity contribution is 5.95. The Morgan fingerprint density at radius 3 is 2.42 bits per heavy atom. The summed E-state index contributed by atoms with van der Waals surface area (Å²) in [6.45, 7) is 1.74. The molecule has 3 rings (SSSR count). The molecule has 38 heavy (non-hydrogen) atoms. The minimum absolute atomic E-state index is 0.114. The molecule has 1 fully saturated rings. The van der Waals surface area contributed by atoms with Gasteiger partial charge in [0, 0.05) is 31.9 Å². The molecule has 9 nitrogen and oxygen atoms in total. The predicted octanol–water partition coefficient (Wildman–Crippen LogP) is 2.28. The van der Waals surface area contributed by atoms with Crippen LogP contribution in [0.2, 0.25) is 0 Å². The Morgan fingerprint density at radius 1 is 1.11 bits per heavy atom. The topological polar surface area (TPSA) is 137 Å². The van der Waals surface area contributed by atoms with E-state index in [0.29, 0.717) is 13.0 Å². The highest BCUT2D eigenvalue weighted by Crippen LogP contribution is 2.20. The predicted molar refractivity (Wildman–Crippen MR) is 141 cm³/mol. The second kappa shape index (κ2) is 14.3.